The maximum absolute atomic E-state index is 6.05. The average molecular weight is 215 g/mol. The van der Waals surface area contributed by atoms with Gasteiger partial charge in [0.15, 0.2) is 0 Å². The Morgan fingerprint density at radius 1 is 1.12 bits per heavy atom. The molecule has 0 bridgehead atoms. The van der Waals surface area contributed by atoms with Gasteiger partial charge in [-0.1, -0.05) is 12.1 Å². The number of benzene rings is 1. The summed E-state index contributed by atoms with van der Waals surface area (Å²) in [7, 11) is 0. The minimum Gasteiger partial charge on any atom is -0.383 e. The molecule has 1 aromatic heterocycles. The minimum absolute atomic E-state index is 0.728. The lowest BCUT2D eigenvalue weighted by molar-refractivity contribution is 0.864. The lowest BCUT2D eigenvalue weighted by Crippen LogP contribution is -2.04. The zero-order valence-electron chi connectivity index (χ0n) is 10.2. The summed E-state index contributed by atoms with van der Waals surface area (Å²) in [4.78, 5) is 0. The summed E-state index contributed by atoms with van der Waals surface area (Å²) in [6.45, 7) is 8.12. The zero-order chi connectivity index (χ0) is 11.9. The highest BCUT2D eigenvalue weighted by atomic mass is 15.3. The Labute approximate surface area is 95.9 Å². The Kier molecular flexibility index (Phi) is 2.46. The van der Waals surface area contributed by atoms with Gasteiger partial charge < -0.3 is 5.73 Å². The van der Waals surface area contributed by atoms with Gasteiger partial charge in [-0.05, 0) is 44.9 Å². The van der Waals surface area contributed by atoms with Crippen LogP contribution in [0.3, 0.4) is 0 Å². The Hall–Kier alpha value is -1.77. The third kappa shape index (κ3) is 1.58. The first kappa shape index (κ1) is 10.7. The van der Waals surface area contributed by atoms with Crippen molar-refractivity contribution in [2.75, 3.05) is 5.73 Å². The van der Waals surface area contributed by atoms with Gasteiger partial charge in [-0.15, -0.1) is 0 Å². The van der Waals surface area contributed by atoms with Crippen LogP contribution in [0.4, 0.5) is 5.82 Å². The molecule has 0 fully saturated rings. The first-order valence-corrected chi connectivity index (χ1v) is 5.40. The molecule has 0 unspecified atom stereocenters. The lowest BCUT2D eigenvalue weighted by Gasteiger charge is -2.08. The molecule has 0 aliphatic carbocycles. The highest BCUT2D eigenvalue weighted by molar-refractivity contribution is 5.52. The molecule has 3 heteroatoms. The Morgan fingerprint density at radius 2 is 1.81 bits per heavy atom. The van der Waals surface area contributed by atoms with Crippen LogP contribution in [-0.2, 0) is 0 Å². The fourth-order valence-electron chi connectivity index (χ4n) is 1.75. The molecular formula is C13H17N3. The molecule has 2 rings (SSSR count). The van der Waals surface area contributed by atoms with Crippen molar-refractivity contribution in [1.82, 2.24) is 9.78 Å². The molecule has 0 atom stereocenters. The third-order valence-electron chi connectivity index (χ3n) is 3.00. The van der Waals surface area contributed by atoms with Gasteiger partial charge in [0.2, 0.25) is 0 Å². The van der Waals surface area contributed by atoms with E-state index >= 15 is 0 Å². The number of nitrogen functional groups attached to an aromatic ring is 1. The van der Waals surface area contributed by atoms with E-state index in [-0.39, 0.29) is 0 Å². The highest BCUT2D eigenvalue weighted by Crippen LogP contribution is 2.22. The van der Waals surface area contributed by atoms with Crippen molar-refractivity contribution in [3.63, 3.8) is 0 Å². The largest absolute Gasteiger partial charge is 0.383 e. The van der Waals surface area contributed by atoms with Crippen LogP contribution in [0.2, 0.25) is 0 Å². The molecule has 0 spiro atoms. The Morgan fingerprint density at radius 3 is 2.38 bits per heavy atom. The normalized spacial score (nSPS) is 10.8. The first-order chi connectivity index (χ1) is 7.50. The second-order valence-corrected chi connectivity index (χ2v) is 4.30. The van der Waals surface area contributed by atoms with Gasteiger partial charge >= 0.3 is 0 Å². The van der Waals surface area contributed by atoms with Crippen molar-refractivity contribution < 1.29 is 0 Å². The SMILES string of the molecule is Cc1ccc(C)c(-n2nc(C)c(C)c2N)c1. The van der Waals surface area contributed by atoms with E-state index in [4.69, 9.17) is 5.73 Å². The lowest BCUT2D eigenvalue weighted by atomic mass is 10.1. The predicted octanol–water partition coefficient (Wildman–Crippen LogP) is 2.69. The monoisotopic (exact) mass is 215 g/mol. The van der Waals surface area contributed by atoms with Gasteiger partial charge in [-0.2, -0.15) is 5.10 Å². The van der Waals surface area contributed by atoms with E-state index in [0.29, 0.717) is 0 Å². The van der Waals surface area contributed by atoms with E-state index in [9.17, 15) is 0 Å². The number of aryl methyl sites for hydroxylation is 3. The standard InChI is InChI=1S/C13H17N3/c1-8-5-6-9(2)12(7-8)16-13(14)10(3)11(4)15-16/h5-7H,14H2,1-4H3. The van der Waals surface area contributed by atoms with Crippen LogP contribution in [0, 0.1) is 27.7 Å². The summed E-state index contributed by atoms with van der Waals surface area (Å²) in [5.41, 5.74) is 11.6. The average Bonchev–Trinajstić information content (AvgIpc) is 2.50. The number of anilines is 1. The Bertz CT molecular complexity index is 538. The Balaban J connectivity index is 2.67. The summed E-state index contributed by atoms with van der Waals surface area (Å²) < 4.78 is 1.83. The van der Waals surface area contributed by atoms with Crippen LogP contribution >= 0.6 is 0 Å². The molecule has 2 aromatic rings. The van der Waals surface area contributed by atoms with E-state index in [0.717, 1.165) is 22.8 Å². The molecular weight excluding hydrogens is 198 g/mol. The highest BCUT2D eigenvalue weighted by Gasteiger charge is 2.11. The number of aromatic nitrogens is 2. The second kappa shape index (κ2) is 3.67. The molecule has 0 radical (unpaired) electrons. The third-order valence-corrected chi connectivity index (χ3v) is 3.00. The van der Waals surface area contributed by atoms with Crippen molar-refractivity contribution in [2.24, 2.45) is 0 Å². The van der Waals surface area contributed by atoms with Crippen molar-refractivity contribution in [2.45, 2.75) is 27.7 Å². The molecule has 1 aromatic carbocycles. The summed E-state index contributed by atoms with van der Waals surface area (Å²) in [6, 6.07) is 6.30. The number of hydrogen-bond acceptors (Lipinski definition) is 2. The fourth-order valence-corrected chi connectivity index (χ4v) is 1.75. The molecule has 0 aliphatic heterocycles. The molecule has 0 saturated carbocycles. The van der Waals surface area contributed by atoms with Crippen LogP contribution in [-0.4, -0.2) is 9.78 Å². The van der Waals surface area contributed by atoms with Gasteiger partial charge in [0.05, 0.1) is 11.4 Å². The van der Waals surface area contributed by atoms with Gasteiger partial charge in [0.25, 0.3) is 0 Å². The fraction of sp³-hybridized carbons (Fsp3) is 0.308. The van der Waals surface area contributed by atoms with Crippen LogP contribution in [0.1, 0.15) is 22.4 Å². The summed E-state index contributed by atoms with van der Waals surface area (Å²) in [5.74, 6) is 0.728. The zero-order valence-corrected chi connectivity index (χ0v) is 10.2. The van der Waals surface area contributed by atoms with E-state index in [2.05, 4.69) is 37.1 Å². The van der Waals surface area contributed by atoms with E-state index in [1.165, 1.54) is 11.1 Å². The molecule has 16 heavy (non-hydrogen) atoms. The quantitative estimate of drug-likeness (QED) is 0.794. The van der Waals surface area contributed by atoms with Crippen LogP contribution in [0.25, 0.3) is 5.69 Å². The minimum atomic E-state index is 0.728. The van der Waals surface area contributed by atoms with Crippen LogP contribution < -0.4 is 5.73 Å². The second-order valence-electron chi connectivity index (χ2n) is 4.30. The van der Waals surface area contributed by atoms with Gasteiger partial charge in [-0.3, -0.25) is 0 Å². The molecule has 0 saturated heterocycles. The number of nitrogens with two attached hydrogens (primary N) is 1. The van der Waals surface area contributed by atoms with Crippen molar-refractivity contribution in [3.05, 3.63) is 40.6 Å². The molecule has 84 valence electrons. The molecule has 1 heterocycles. The topological polar surface area (TPSA) is 43.8 Å². The van der Waals surface area contributed by atoms with Gasteiger partial charge in [0, 0.05) is 5.56 Å². The van der Waals surface area contributed by atoms with Gasteiger partial charge in [-0.25, -0.2) is 4.68 Å². The first-order valence-electron chi connectivity index (χ1n) is 5.40. The summed E-state index contributed by atoms with van der Waals surface area (Å²) >= 11 is 0. The van der Waals surface area contributed by atoms with Gasteiger partial charge in [0.1, 0.15) is 5.82 Å². The smallest absolute Gasteiger partial charge is 0.130 e. The number of rotatable bonds is 1. The number of nitrogens with zero attached hydrogens (tertiary/aromatic N) is 2. The summed E-state index contributed by atoms with van der Waals surface area (Å²) in [6.07, 6.45) is 0. The maximum atomic E-state index is 6.05. The number of hydrogen-bond donors (Lipinski definition) is 1. The van der Waals surface area contributed by atoms with E-state index in [1.54, 1.807) is 0 Å². The van der Waals surface area contributed by atoms with E-state index < -0.39 is 0 Å². The maximum Gasteiger partial charge on any atom is 0.130 e. The summed E-state index contributed by atoms with van der Waals surface area (Å²) in [5, 5.41) is 4.47. The van der Waals surface area contributed by atoms with Crippen LogP contribution in [0.15, 0.2) is 18.2 Å². The van der Waals surface area contributed by atoms with Crippen molar-refractivity contribution in [1.29, 1.82) is 0 Å². The molecule has 0 aliphatic rings. The predicted molar refractivity (Wildman–Crippen MR) is 66.9 cm³/mol. The van der Waals surface area contributed by atoms with Crippen LogP contribution in [0.5, 0.6) is 0 Å². The van der Waals surface area contributed by atoms with Crippen molar-refractivity contribution >= 4 is 5.82 Å². The van der Waals surface area contributed by atoms with E-state index in [1.807, 2.05) is 18.5 Å². The van der Waals surface area contributed by atoms with Crippen molar-refractivity contribution in [3.8, 4) is 5.69 Å². The molecule has 3 nitrogen and oxygen atoms in total. The molecule has 0 amide bonds. The molecule has 2 N–H and O–H groups in total.